The predicted octanol–water partition coefficient (Wildman–Crippen LogP) is 1.59. The summed E-state index contributed by atoms with van der Waals surface area (Å²) >= 11 is 0. The SMILES string of the molecule is CC(C)c1nnc(S(=O)(=O)Cl)n1CC(F)F. The van der Waals surface area contributed by atoms with E-state index in [1.807, 2.05) is 0 Å². The lowest BCUT2D eigenvalue weighted by atomic mass is 10.2. The van der Waals surface area contributed by atoms with Crippen LogP contribution in [0.1, 0.15) is 25.6 Å². The van der Waals surface area contributed by atoms with Crippen LogP contribution >= 0.6 is 10.7 Å². The van der Waals surface area contributed by atoms with Crippen molar-refractivity contribution in [2.24, 2.45) is 0 Å². The number of halogens is 3. The molecule has 0 fully saturated rings. The van der Waals surface area contributed by atoms with Gasteiger partial charge in [-0.1, -0.05) is 13.8 Å². The van der Waals surface area contributed by atoms with Gasteiger partial charge in [-0.05, 0) is 0 Å². The van der Waals surface area contributed by atoms with E-state index < -0.39 is 27.2 Å². The van der Waals surface area contributed by atoms with Crippen molar-refractivity contribution in [1.29, 1.82) is 0 Å². The van der Waals surface area contributed by atoms with E-state index in [1.54, 1.807) is 13.8 Å². The van der Waals surface area contributed by atoms with Crippen molar-refractivity contribution in [1.82, 2.24) is 14.8 Å². The Balaban J connectivity index is 3.31. The Bertz CT molecular complexity index is 472. The summed E-state index contributed by atoms with van der Waals surface area (Å²) in [6, 6.07) is 0. The van der Waals surface area contributed by atoms with E-state index in [0.717, 1.165) is 4.57 Å². The third-order valence-electron chi connectivity index (χ3n) is 1.80. The zero-order chi connectivity index (χ0) is 12.5. The van der Waals surface area contributed by atoms with Crippen LogP contribution < -0.4 is 0 Å². The molecule has 0 spiro atoms. The number of alkyl halides is 2. The molecule has 92 valence electrons. The Morgan fingerprint density at radius 1 is 1.38 bits per heavy atom. The second-order valence-electron chi connectivity index (χ2n) is 3.44. The van der Waals surface area contributed by atoms with Gasteiger partial charge in [-0.3, -0.25) is 4.57 Å². The highest BCUT2D eigenvalue weighted by Gasteiger charge is 2.25. The average Bonchev–Trinajstić information content (AvgIpc) is 2.45. The molecule has 0 saturated heterocycles. The van der Waals surface area contributed by atoms with Gasteiger partial charge >= 0.3 is 0 Å². The molecule has 0 amide bonds. The number of nitrogens with zero attached hydrogens (tertiary/aromatic N) is 3. The highest BCUT2D eigenvalue weighted by Crippen LogP contribution is 2.20. The third-order valence-corrected chi connectivity index (χ3v) is 2.95. The molecule has 5 nitrogen and oxygen atoms in total. The van der Waals surface area contributed by atoms with E-state index in [9.17, 15) is 17.2 Å². The quantitative estimate of drug-likeness (QED) is 0.782. The van der Waals surface area contributed by atoms with Crippen LogP contribution in [0.4, 0.5) is 8.78 Å². The molecule has 0 atom stereocenters. The molecule has 0 N–H and O–H groups in total. The normalized spacial score (nSPS) is 12.7. The van der Waals surface area contributed by atoms with Crippen LogP contribution in [0.2, 0.25) is 0 Å². The van der Waals surface area contributed by atoms with Crippen molar-refractivity contribution in [2.45, 2.75) is 37.9 Å². The molecule has 0 saturated carbocycles. The maximum Gasteiger partial charge on any atom is 0.296 e. The molecule has 0 unspecified atom stereocenters. The minimum Gasteiger partial charge on any atom is -0.295 e. The topological polar surface area (TPSA) is 64.8 Å². The van der Waals surface area contributed by atoms with Crippen LogP contribution in [-0.4, -0.2) is 29.6 Å². The zero-order valence-electron chi connectivity index (χ0n) is 8.56. The van der Waals surface area contributed by atoms with Crippen LogP contribution in [-0.2, 0) is 15.6 Å². The van der Waals surface area contributed by atoms with Crippen molar-refractivity contribution < 1.29 is 17.2 Å². The lowest BCUT2D eigenvalue weighted by Gasteiger charge is -2.09. The molecule has 0 aliphatic rings. The van der Waals surface area contributed by atoms with Crippen LogP contribution in [0.5, 0.6) is 0 Å². The number of aromatic nitrogens is 3. The Morgan fingerprint density at radius 2 is 1.94 bits per heavy atom. The van der Waals surface area contributed by atoms with E-state index in [-0.39, 0.29) is 11.7 Å². The zero-order valence-corrected chi connectivity index (χ0v) is 10.1. The molecular formula is C7H10ClF2N3O2S. The van der Waals surface area contributed by atoms with Crippen molar-refractivity contribution >= 4 is 19.7 Å². The van der Waals surface area contributed by atoms with Crippen molar-refractivity contribution in [2.75, 3.05) is 0 Å². The Labute approximate surface area is 95.8 Å². The minimum absolute atomic E-state index is 0.166. The van der Waals surface area contributed by atoms with E-state index in [0.29, 0.717) is 0 Å². The summed E-state index contributed by atoms with van der Waals surface area (Å²) < 4.78 is 47.6. The highest BCUT2D eigenvalue weighted by molar-refractivity contribution is 8.13. The van der Waals surface area contributed by atoms with E-state index in [1.165, 1.54) is 0 Å². The summed E-state index contributed by atoms with van der Waals surface area (Å²) in [6.45, 7) is 2.59. The molecule has 1 aromatic rings. The first-order chi connectivity index (χ1) is 7.23. The Morgan fingerprint density at radius 3 is 2.31 bits per heavy atom. The Kier molecular flexibility index (Phi) is 3.84. The van der Waals surface area contributed by atoms with Gasteiger partial charge < -0.3 is 0 Å². The molecule has 9 heteroatoms. The van der Waals surface area contributed by atoms with E-state index >= 15 is 0 Å². The van der Waals surface area contributed by atoms with Gasteiger partial charge in [0, 0.05) is 16.6 Å². The second kappa shape index (κ2) is 4.62. The fraction of sp³-hybridized carbons (Fsp3) is 0.714. The number of hydrogen-bond acceptors (Lipinski definition) is 4. The third kappa shape index (κ3) is 2.88. The Hall–Kier alpha value is -0.760. The summed E-state index contributed by atoms with van der Waals surface area (Å²) in [5, 5.41) is 6.23. The summed E-state index contributed by atoms with van der Waals surface area (Å²) in [5.41, 5.74) is 0. The summed E-state index contributed by atoms with van der Waals surface area (Å²) in [7, 11) is 0.906. The van der Waals surface area contributed by atoms with Gasteiger partial charge in [0.25, 0.3) is 20.6 Å². The molecular weight excluding hydrogens is 264 g/mol. The van der Waals surface area contributed by atoms with Gasteiger partial charge in [0.05, 0.1) is 6.54 Å². The minimum atomic E-state index is -4.16. The molecule has 1 rings (SSSR count). The number of rotatable bonds is 4. The van der Waals surface area contributed by atoms with Gasteiger partial charge in [0.2, 0.25) is 0 Å². The van der Waals surface area contributed by atoms with E-state index in [2.05, 4.69) is 10.2 Å². The van der Waals surface area contributed by atoms with Crippen molar-refractivity contribution in [3.63, 3.8) is 0 Å². The first-order valence-electron chi connectivity index (χ1n) is 4.39. The monoisotopic (exact) mass is 273 g/mol. The van der Waals surface area contributed by atoms with Gasteiger partial charge in [0.1, 0.15) is 5.82 Å². The first kappa shape index (κ1) is 13.3. The van der Waals surface area contributed by atoms with Gasteiger partial charge in [-0.25, -0.2) is 17.2 Å². The lowest BCUT2D eigenvalue weighted by Crippen LogP contribution is -2.15. The predicted molar refractivity (Wildman–Crippen MR) is 53.2 cm³/mol. The molecule has 0 aromatic carbocycles. The fourth-order valence-electron chi connectivity index (χ4n) is 1.22. The highest BCUT2D eigenvalue weighted by atomic mass is 35.7. The van der Waals surface area contributed by atoms with Crippen molar-refractivity contribution in [3.8, 4) is 0 Å². The molecule has 1 heterocycles. The van der Waals surface area contributed by atoms with Crippen LogP contribution in [0.25, 0.3) is 0 Å². The maximum atomic E-state index is 12.3. The van der Waals surface area contributed by atoms with Crippen LogP contribution in [0, 0.1) is 0 Å². The van der Waals surface area contributed by atoms with Gasteiger partial charge in [-0.15, -0.1) is 10.2 Å². The van der Waals surface area contributed by atoms with Gasteiger partial charge in [-0.2, -0.15) is 0 Å². The molecule has 1 aromatic heterocycles. The van der Waals surface area contributed by atoms with Crippen LogP contribution in [0.3, 0.4) is 0 Å². The fourth-order valence-corrected chi connectivity index (χ4v) is 2.13. The molecule has 0 aliphatic heterocycles. The lowest BCUT2D eigenvalue weighted by molar-refractivity contribution is 0.121. The van der Waals surface area contributed by atoms with Gasteiger partial charge in [0.15, 0.2) is 0 Å². The first-order valence-corrected chi connectivity index (χ1v) is 6.70. The second-order valence-corrected chi connectivity index (χ2v) is 5.89. The molecule has 0 bridgehead atoms. The summed E-state index contributed by atoms with van der Waals surface area (Å²) in [6.07, 6.45) is -2.70. The average molecular weight is 274 g/mol. The standard InChI is InChI=1S/C7H10ClF2N3O2S/c1-4(2)6-11-12-7(16(8,14)15)13(6)3-5(9)10/h4-5H,3H2,1-2H3. The largest absolute Gasteiger partial charge is 0.296 e. The molecule has 16 heavy (non-hydrogen) atoms. The summed E-state index contributed by atoms with van der Waals surface area (Å²) in [4.78, 5) is 0. The molecule has 0 aliphatic carbocycles. The number of hydrogen-bond donors (Lipinski definition) is 0. The summed E-state index contributed by atoms with van der Waals surface area (Å²) in [5.74, 6) is -0.0575. The van der Waals surface area contributed by atoms with Crippen LogP contribution in [0.15, 0.2) is 5.16 Å². The van der Waals surface area contributed by atoms with Crippen molar-refractivity contribution in [3.05, 3.63) is 5.82 Å². The smallest absolute Gasteiger partial charge is 0.295 e. The molecule has 0 radical (unpaired) electrons. The van der Waals surface area contributed by atoms with E-state index in [4.69, 9.17) is 10.7 Å². The maximum absolute atomic E-state index is 12.3.